The van der Waals surface area contributed by atoms with Gasteiger partial charge in [-0.1, -0.05) is 41.9 Å². The number of carbonyl (C=O) groups excluding carboxylic acids is 2. The topological polar surface area (TPSA) is 68.3 Å². The largest absolute Gasteiger partial charge is 0.449 e. The summed E-state index contributed by atoms with van der Waals surface area (Å²) in [4.78, 5) is 28.7. The summed E-state index contributed by atoms with van der Waals surface area (Å²) in [6.07, 6.45) is -1.08. The molecular formula is C19H14ClFN2O3S. The molecule has 138 valence electrons. The van der Waals surface area contributed by atoms with Crippen LogP contribution in [0.3, 0.4) is 0 Å². The minimum atomic E-state index is -1.08. The number of nitrogens with zero attached hydrogens (tertiary/aromatic N) is 1. The SMILES string of the molecule is CC(OC(=O)c1ccc(F)cc1Cl)C(=O)Nc1nc(-c2ccccc2)cs1. The molecule has 3 aromatic rings. The van der Waals surface area contributed by atoms with Crippen molar-refractivity contribution < 1.29 is 18.7 Å². The Hall–Kier alpha value is -2.77. The van der Waals surface area contributed by atoms with Gasteiger partial charge in [-0.25, -0.2) is 14.2 Å². The maximum Gasteiger partial charge on any atom is 0.340 e. The number of hydrogen-bond acceptors (Lipinski definition) is 5. The lowest BCUT2D eigenvalue weighted by molar-refractivity contribution is -0.123. The molecule has 3 rings (SSSR count). The molecule has 27 heavy (non-hydrogen) atoms. The van der Waals surface area contributed by atoms with Crippen molar-refractivity contribution in [3.63, 3.8) is 0 Å². The first-order valence-corrected chi connectivity index (χ1v) is 9.17. The third-order valence-corrected chi connectivity index (χ3v) is 4.68. The molecule has 0 spiro atoms. The third-order valence-electron chi connectivity index (χ3n) is 3.61. The number of carbonyl (C=O) groups is 2. The lowest BCUT2D eigenvalue weighted by atomic mass is 10.2. The van der Waals surface area contributed by atoms with E-state index in [-0.39, 0.29) is 10.6 Å². The number of amides is 1. The van der Waals surface area contributed by atoms with Gasteiger partial charge in [0.05, 0.1) is 16.3 Å². The average molecular weight is 405 g/mol. The van der Waals surface area contributed by atoms with Crippen LogP contribution in [0.2, 0.25) is 5.02 Å². The van der Waals surface area contributed by atoms with Crippen molar-refractivity contribution in [2.75, 3.05) is 5.32 Å². The Kier molecular flexibility index (Phi) is 5.83. The Labute approximate surface area is 163 Å². The van der Waals surface area contributed by atoms with Crippen molar-refractivity contribution in [3.05, 3.63) is 70.3 Å². The standard InChI is InChI=1S/C19H14ClFN2O3S/c1-11(26-18(25)14-8-7-13(21)9-15(14)20)17(24)23-19-22-16(10-27-19)12-5-3-2-4-6-12/h2-11H,1H3,(H,22,23,24). The maximum atomic E-state index is 13.1. The Bertz CT molecular complexity index is 978. The molecule has 0 radical (unpaired) electrons. The number of thiazole rings is 1. The van der Waals surface area contributed by atoms with Gasteiger partial charge in [0, 0.05) is 10.9 Å². The molecule has 1 heterocycles. The predicted molar refractivity (Wildman–Crippen MR) is 102 cm³/mol. The second-order valence-electron chi connectivity index (χ2n) is 5.56. The minimum absolute atomic E-state index is 0.0154. The highest BCUT2D eigenvalue weighted by molar-refractivity contribution is 7.14. The monoisotopic (exact) mass is 404 g/mol. The van der Waals surface area contributed by atoms with Crippen molar-refractivity contribution in [1.29, 1.82) is 0 Å². The van der Waals surface area contributed by atoms with Crippen LogP contribution in [0.5, 0.6) is 0 Å². The molecule has 0 aliphatic heterocycles. The van der Waals surface area contributed by atoms with Crippen LogP contribution in [0.15, 0.2) is 53.9 Å². The van der Waals surface area contributed by atoms with Crippen LogP contribution in [-0.2, 0) is 9.53 Å². The van der Waals surface area contributed by atoms with Gasteiger partial charge in [-0.3, -0.25) is 10.1 Å². The summed E-state index contributed by atoms with van der Waals surface area (Å²) in [5.41, 5.74) is 1.65. The summed E-state index contributed by atoms with van der Waals surface area (Å²) >= 11 is 7.09. The molecular weight excluding hydrogens is 391 g/mol. The highest BCUT2D eigenvalue weighted by Gasteiger charge is 2.21. The van der Waals surface area contributed by atoms with Gasteiger partial charge in [0.25, 0.3) is 5.91 Å². The van der Waals surface area contributed by atoms with Crippen LogP contribution in [-0.4, -0.2) is 23.0 Å². The molecule has 0 fully saturated rings. The second-order valence-corrected chi connectivity index (χ2v) is 6.83. The molecule has 0 bridgehead atoms. The number of rotatable bonds is 5. The van der Waals surface area contributed by atoms with Crippen LogP contribution >= 0.6 is 22.9 Å². The Morgan fingerprint density at radius 3 is 2.67 bits per heavy atom. The summed E-state index contributed by atoms with van der Waals surface area (Å²) in [6, 6.07) is 12.8. The number of anilines is 1. The first kappa shape index (κ1) is 19.0. The summed E-state index contributed by atoms with van der Waals surface area (Å²) in [5.74, 6) is -1.91. The zero-order chi connectivity index (χ0) is 19.4. The van der Waals surface area contributed by atoms with Crippen molar-refractivity contribution >= 4 is 39.9 Å². The molecule has 0 aliphatic rings. The highest BCUT2D eigenvalue weighted by atomic mass is 35.5. The average Bonchev–Trinajstić information content (AvgIpc) is 3.10. The fourth-order valence-electron chi connectivity index (χ4n) is 2.21. The first-order chi connectivity index (χ1) is 12.9. The van der Waals surface area contributed by atoms with Crippen LogP contribution in [0.25, 0.3) is 11.3 Å². The molecule has 1 amide bonds. The fourth-order valence-corrected chi connectivity index (χ4v) is 3.18. The first-order valence-electron chi connectivity index (χ1n) is 7.92. The van der Waals surface area contributed by atoms with Crippen molar-refractivity contribution in [2.45, 2.75) is 13.0 Å². The van der Waals surface area contributed by atoms with E-state index in [1.165, 1.54) is 24.3 Å². The Balaban J connectivity index is 1.62. The molecule has 1 aromatic heterocycles. The molecule has 0 saturated carbocycles. The third kappa shape index (κ3) is 4.69. The van der Waals surface area contributed by atoms with Crippen LogP contribution in [0.1, 0.15) is 17.3 Å². The molecule has 2 aromatic carbocycles. The lowest BCUT2D eigenvalue weighted by Crippen LogP contribution is -2.30. The van der Waals surface area contributed by atoms with Gasteiger partial charge in [-0.15, -0.1) is 11.3 Å². The Morgan fingerprint density at radius 2 is 1.96 bits per heavy atom. The van der Waals surface area contributed by atoms with Gasteiger partial charge in [-0.2, -0.15) is 0 Å². The molecule has 5 nitrogen and oxygen atoms in total. The van der Waals surface area contributed by atoms with Gasteiger partial charge < -0.3 is 4.74 Å². The van der Waals surface area contributed by atoms with Crippen LogP contribution < -0.4 is 5.32 Å². The highest BCUT2D eigenvalue weighted by Crippen LogP contribution is 2.25. The molecule has 0 saturated heterocycles. The predicted octanol–water partition coefficient (Wildman–Crippen LogP) is 4.79. The van der Waals surface area contributed by atoms with E-state index < -0.39 is 23.8 Å². The number of esters is 1. The molecule has 1 unspecified atom stereocenters. The zero-order valence-electron chi connectivity index (χ0n) is 14.1. The normalized spacial score (nSPS) is 11.7. The Morgan fingerprint density at radius 1 is 1.22 bits per heavy atom. The van der Waals surface area contributed by atoms with E-state index in [4.69, 9.17) is 16.3 Å². The molecule has 0 aliphatic carbocycles. The van der Waals surface area contributed by atoms with Gasteiger partial charge in [-0.05, 0) is 25.1 Å². The quantitative estimate of drug-likeness (QED) is 0.621. The number of benzene rings is 2. The fraction of sp³-hybridized carbons (Fsp3) is 0.105. The van der Waals surface area contributed by atoms with E-state index in [0.29, 0.717) is 5.13 Å². The van der Waals surface area contributed by atoms with Gasteiger partial charge in [0.1, 0.15) is 5.82 Å². The van der Waals surface area contributed by atoms with Gasteiger partial charge in [0.15, 0.2) is 11.2 Å². The van der Waals surface area contributed by atoms with Crippen LogP contribution in [0, 0.1) is 5.82 Å². The van der Waals surface area contributed by atoms with Crippen LogP contribution in [0.4, 0.5) is 9.52 Å². The summed E-state index contributed by atoms with van der Waals surface area (Å²) in [5, 5.41) is 4.74. The smallest absolute Gasteiger partial charge is 0.340 e. The summed E-state index contributed by atoms with van der Waals surface area (Å²) < 4.78 is 18.2. The van der Waals surface area contributed by atoms with E-state index in [9.17, 15) is 14.0 Å². The van der Waals surface area contributed by atoms with E-state index in [2.05, 4.69) is 10.3 Å². The van der Waals surface area contributed by atoms with Gasteiger partial charge in [0.2, 0.25) is 0 Å². The van der Waals surface area contributed by atoms with Gasteiger partial charge >= 0.3 is 5.97 Å². The molecule has 1 atom stereocenters. The number of hydrogen-bond donors (Lipinski definition) is 1. The zero-order valence-corrected chi connectivity index (χ0v) is 15.7. The summed E-state index contributed by atoms with van der Waals surface area (Å²) in [6.45, 7) is 1.43. The number of aromatic nitrogens is 1. The van der Waals surface area contributed by atoms with E-state index in [1.807, 2.05) is 35.7 Å². The van der Waals surface area contributed by atoms with E-state index in [0.717, 1.165) is 23.4 Å². The minimum Gasteiger partial charge on any atom is -0.449 e. The maximum absolute atomic E-state index is 13.1. The van der Waals surface area contributed by atoms with Crippen molar-refractivity contribution in [2.24, 2.45) is 0 Å². The lowest BCUT2D eigenvalue weighted by Gasteiger charge is -2.13. The number of nitrogens with one attached hydrogen (secondary N) is 1. The summed E-state index contributed by atoms with van der Waals surface area (Å²) in [7, 11) is 0. The van der Waals surface area contributed by atoms with E-state index in [1.54, 1.807) is 0 Å². The molecule has 8 heteroatoms. The number of ether oxygens (including phenoxy) is 1. The molecule has 1 N–H and O–H groups in total. The number of halogens is 2. The van der Waals surface area contributed by atoms with E-state index >= 15 is 0 Å². The van der Waals surface area contributed by atoms with Crippen molar-refractivity contribution in [1.82, 2.24) is 4.98 Å². The second kappa shape index (κ2) is 8.28. The van der Waals surface area contributed by atoms with Crippen molar-refractivity contribution in [3.8, 4) is 11.3 Å².